The quantitative estimate of drug-likeness (QED) is 0.837. The smallest absolute Gasteiger partial charge is 0.354 e. The first-order valence-corrected chi connectivity index (χ1v) is 9.03. The topological polar surface area (TPSA) is 45.2 Å². The van der Waals surface area contributed by atoms with Crippen molar-refractivity contribution in [2.75, 3.05) is 19.6 Å². The first-order valence-electron chi connectivity index (χ1n) is 9.03. The van der Waals surface area contributed by atoms with Crippen molar-refractivity contribution in [1.82, 2.24) is 15.2 Å². The van der Waals surface area contributed by atoms with Gasteiger partial charge in [-0.2, -0.15) is 13.2 Å². The number of likely N-dealkylation sites (tertiary alicyclic amines) is 1. The molecule has 0 spiro atoms. The van der Waals surface area contributed by atoms with Crippen LogP contribution in [-0.4, -0.2) is 35.4 Å². The van der Waals surface area contributed by atoms with Crippen LogP contribution in [0.4, 0.5) is 13.2 Å². The molecule has 0 bridgehead atoms. The van der Waals surface area contributed by atoms with Crippen LogP contribution in [0.3, 0.4) is 0 Å². The molecule has 1 atom stereocenters. The van der Waals surface area contributed by atoms with E-state index in [1.807, 2.05) is 6.07 Å². The van der Waals surface area contributed by atoms with Crippen LogP contribution in [0.15, 0.2) is 48.8 Å². The molecule has 2 aromatic rings. The van der Waals surface area contributed by atoms with Gasteiger partial charge in [0.2, 0.25) is 5.91 Å². The van der Waals surface area contributed by atoms with Crippen LogP contribution in [0.2, 0.25) is 0 Å². The van der Waals surface area contributed by atoms with Crippen LogP contribution in [0.25, 0.3) is 0 Å². The van der Waals surface area contributed by atoms with Crippen molar-refractivity contribution in [2.45, 2.75) is 31.5 Å². The second kappa shape index (κ2) is 8.52. The van der Waals surface area contributed by atoms with Crippen LogP contribution in [-0.2, 0) is 17.4 Å². The van der Waals surface area contributed by atoms with E-state index in [1.165, 1.54) is 12.1 Å². The molecule has 0 saturated carbocycles. The number of benzene rings is 1. The van der Waals surface area contributed by atoms with Gasteiger partial charge >= 0.3 is 6.18 Å². The molecule has 0 aliphatic carbocycles. The van der Waals surface area contributed by atoms with E-state index < -0.39 is 17.8 Å². The van der Waals surface area contributed by atoms with E-state index in [9.17, 15) is 18.0 Å². The zero-order valence-electron chi connectivity index (χ0n) is 14.9. The second-order valence-electron chi connectivity index (χ2n) is 6.63. The third-order valence-corrected chi connectivity index (χ3v) is 4.77. The van der Waals surface area contributed by atoms with Gasteiger partial charge in [-0.1, -0.05) is 24.3 Å². The Morgan fingerprint density at radius 3 is 2.56 bits per heavy atom. The molecule has 2 heterocycles. The first kappa shape index (κ1) is 19.4. The average Bonchev–Trinajstić information content (AvgIpc) is 3.16. The Kier molecular flexibility index (Phi) is 6.11. The molecule has 1 saturated heterocycles. The maximum Gasteiger partial charge on any atom is 0.416 e. The van der Waals surface area contributed by atoms with Crippen molar-refractivity contribution in [2.24, 2.45) is 0 Å². The SMILES string of the molecule is O=C(NCCc1ccccc1C(F)(F)F)C(c1cccnc1)N1CCCC1. The molecule has 27 heavy (non-hydrogen) atoms. The number of aromatic nitrogens is 1. The first-order chi connectivity index (χ1) is 13.0. The van der Waals surface area contributed by atoms with E-state index >= 15 is 0 Å². The third kappa shape index (κ3) is 4.86. The van der Waals surface area contributed by atoms with Crippen LogP contribution in [0.1, 0.15) is 35.6 Å². The summed E-state index contributed by atoms with van der Waals surface area (Å²) in [7, 11) is 0. The Hall–Kier alpha value is -2.41. The third-order valence-electron chi connectivity index (χ3n) is 4.77. The van der Waals surface area contributed by atoms with Gasteiger partial charge in [-0.05, 0) is 55.6 Å². The van der Waals surface area contributed by atoms with Gasteiger partial charge in [-0.3, -0.25) is 14.7 Å². The minimum absolute atomic E-state index is 0.126. The summed E-state index contributed by atoms with van der Waals surface area (Å²) < 4.78 is 39.3. The number of nitrogens with one attached hydrogen (secondary N) is 1. The van der Waals surface area contributed by atoms with E-state index in [1.54, 1.807) is 24.5 Å². The molecule has 144 valence electrons. The highest BCUT2D eigenvalue weighted by molar-refractivity contribution is 5.83. The van der Waals surface area contributed by atoms with Crippen molar-refractivity contribution >= 4 is 5.91 Å². The molecule has 1 aromatic carbocycles. The predicted molar refractivity (Wildman–Crippen MR) is 95.9 cm³/mol. The van der Waals surface area contributed by atoms with Crippen molar-refractivity contribution in [1.29, 1.82) is 0 Å². The van der Waals surface area contributed by atoms with E-state index in [2.05, 4.69) is 15.2 Å². The highest BCUT2D eigenvalue weighted by atomic mass is 19.4. The van der Waals surface area contributed by atoms with E-state index in [-0.39, 0.29) is 24.4 Å². The van der Waals surface area contributed by atoms with Gasteiger partial charge in [-0.25, -0.2) is 0 Å². The molecule has 1 N–H and O–H groups in total. The summed E-state index contributed by atoms with van der Waals surface area (Å²) >= 11 is 0. The van der Waals surface area contributed by atoms with E-state index in [0.29, 0.717) is 0 Å². The fourth-order valence-corrected chi connectivity index (χ4v) is 3.50. The Morgan fingerprint density at radius 2 is 1.89 bits per heavy atom. The number of hydrogen-bond acceptors (Lipinski definition) is 3. The molecule has 1 aliphatic rings. The molecular formula is C20H22F3N3O. The normalized spacial score (nSPS) is 16.3. The maximum absolute atomic E-state index is 13.1. The highest BCUT2D eigenvalue weighted by Crippen LogP contribution is 2.32. The molecule has 0 radical (unpaired) electrons. The summed E-state index contributed by atoms with van der Waals surface area (Å²) in [6, 6.07) is 8.65. The molecular weight excluding hydrogens is 355 g/mol. The predicted octanol–water partition coefficient (Wildman–Crippen LogP) is 3.60. The van der Waals surface area contributed by atoms with Gasteiger partial charge < -0.3 is 5.32 Å². The lowest BCUT2D eigenvalue weighted by atomic mass is 10.0. The summed E-state index contributed by atoms with van der Waals surface area (Å²) in [6.07, 6.45) is 1.11. The Labute approximate surface area is 156 Å². The van der Waals surface area contributed by atoms with Crippen molar-refractivity contribution in [3.63, 3.8) is 0 Å². The fourth-order valence-electron chi connectivity index (χ4n) is 3.50. The van der Waals surface area contributed by atoms with Gasteiger partial charge in [0.1, 0.15) is 6.04 Å². The summed E-state index contributed by atoms with van der Waals surface area (Å²) in [4.78, 5) is 19.0. The molecule has 1 aromatic heterocycles. The molecule has 3 rings (SSSR count). The molecule has 1 aliphatic heterocycles. The lowest BCUT2D eigenvalue weighted by Crippen LogP contribution is -2.40. The molecule has 7 heteroatoms. The van der Waals surface area contributed by atoms with Crippen LogP contribution < -0.4 is 5.32 Å². The number of alkyl halides is 3. The number of hydrogen-bond donors (Lipinski definition) is 1. The molecule has 1 fully saturated rings. The van der Waals surface area contributed by atoms with Gasteiger partial charge in [0.15, 0.2) is 0 Å². The number of nitrogens with zero attached hydrogens (tertiary/aromatic N) is 2. The van der Waals surface area contributed by atoms with Gasteiger partial charge in [0.25, 0.3) is 0 Å². The summed E-state index contributed by atoms with van der Waals surface area (Å²) in [6.45, 7) is 1.80. The van der Waals surface area contributed by atoms with Crippen molar-refractivity contribution < 1.29 is 18.0 Å². The summed E-state index contributed by atoms with van der Waals surface area (Å²) in [5, 5.41) is 2.81. The van der Waals surface area contributed by atoms with Crippen molar-refractivity contribution in [3.8, 4) is 0 Å². The minimum Gasteiger partial charge on any atom is -0.354 e. The second-order valence-corrected chi connectivity index (χ2v) is 6.63. The van der Waals surface area contributed by atoms with Crippen LogP contribution in [0.5, 0.6) is 0 Å². The molecule has 1 unspecified atom stereocenters. The summed E-state index contributed by atoms with van der Waals surface area (Å²) in [5.74, 6) is -0.200. The number of carbonyl (C=O) groups is 1. The minimum atomic E-state index is -4.39. The number of halogens is 3. The van der Waals surface area contributed by atoms with Crippen molar-refractivity contribution in [3.05, 3.63) is 65.5 Å². The zero-order chi connectivity index (χ0) is 19.3. The Bertz CT molecular complexity index is 759. The van der Waals surface area contributed by atoms with Gasteiger partial charge in [-0.15, -0.1) is 0 Å². The standard InChI is InChI=1S/C20H22F3N3O/c21-20(22,23)17-8-2-1-6-15(17)9-11-25-19(27)18(26-12-3-4-13-26)16-7-5-10-24-14-16/h1-2,5-8,10,14,18H,3-4,9,11-13H2,(H,25,27). The lowest BCUT2D eigenvalue weighted by molar-refractivity contribution is -0.138. The highest BCUT2D eigenvalue weighted by Gasteiger charge is 2.33. The summed E-state index contributed by atoms with van der Waals surface area (Å²) in [5.41, 5.74) is 0.333. The molecule has 1 amide bonds. The number of pyridine rings is 1. The maximum atomic E-state index is 13.1. The van der Waals surface area contributed by atoms with Crippen LogP contribution in [0, 0.1) is 0 Å². The molecule has 4 nitrogen and oxygen atoms in total. The largest absolute Gasteiger partial charge is 0.416 e. The number of carbonyl (C=O) groups excluding carboxylic acids is 1. The Morgan fingerprint density at radius 1 is 1.15 bits per heavy atom. The Balaban J connectivity index is 1.67. The van der Waals surface area contributed by atoms with Gasteiger partial charge in [0.05, 0.1) is 5.56 Å². The monoisotopic (exact) mass is 377 g/mol. The van der Waals surface area contributed by atoms with Gasteiger partial charge in [0, 0.05) is 18.9 Å². The van der Waals surface area contributed by atoms with E-state index in [4.69, 9.17) is 0 Å². The van der Waals surface area contributed by atoms with Crippen LogP contribution >= 0.6 is 0 Å². The number of amides is 1. The number of rotatable bonds is 6. The average molecular weight is 377 g/mol. The zero-order valence-corrected chi connectivity index (χ0v) is 14.9. The van der Waals surface area contributed by atoms with E-state index in [0.717, 1.165) is 37.6 Å². The fraction of sp³-hybridized carbons (Fsp3) is 0.400. The lowest BCUT2D eigenvalue weighted by Gasteiger charge is -2.26.